The van der Waals surface area contributed by atoms with Crippen molar-refractivity contribution in [2.75, 3.05) is 40.9 Å². The van der Waals surface area contributed by atoms with Crippen LogP contribution in [0, 0.1) is 0 Å². The number of phosphoric ester groups is 1. The van der Waals surface area contributed by atoms with Crippen molar-refractivity contribution in [3.63, 3.8) is 0 Å². The second kappa shape index (κ2) is 57.5. The number of nitrogens with one attached hydrogen (secondary N) is 1. The van der Waals surface area contributed by atoms with E-state index in [1.54, 1.807) is 0 Å². The summed E-state index contributed by atoms with van der Waals surface area (Å²) in [6.45, 7) is 7.00. The fourth-order valence-corrected chi connectivity index (χ4v) is 10.7. The topological polar surface area (TPSA) is 111 Å². The second-order valence-corrected chi connectivity index (χ2v) is 25.5. The molecule has 0 saturated heterocycles. The smallest absolute Gasteiger partial charge is 0.456 e. The Morgan fingerprint density at radius 2 is 0.805 bits per heavy atom. The maximum atomic E-state index is 13.5. The van der Waals surface area contributed by atoms with Gasteiger partial charge in [-0.15, -0.1) is 0 Å². The highest BCUT2D eigenvalue weighted by Gasteiger charge is 2.30. The molecule has 3 atom stereocenters. The Bertz CT molecular complexity index is 1410. The van der Waals surface area contributed by atoms with Crippen molar-refractivity contribution in [1.82, 2.24) is 5.32 Å². The number of quaternary nitrogens is 1. The van der Waals surface area contributed by atoms with Crippen molar-refractivity contribution < 1.29 is 37.3 Å². The van der Waals surface area contributed by atoms with Gasteiger partial charge in [-0.05, 0) is 51.0 Å². The molecule has 454 valence electrons. The quantitative estimate of drug-likeness (QED) is 0.0205. The third kappa shape index (κ3) is 58.7. The van der Waals surface area contributed by atoms with Crippen LogP contribution in [0.2, 0.25) is 0 Å². The summed E-state index contributed by atoms with van der Waals surface area (Å²) in [5.74, 6) is -0.567. The Morgan fingerprint density at radius 3 is 1.19 bits per heavy atom. The van der Waals surface area contributed by atoms with Gasteiger partial charge in [0.05, 0.1) is 33.8 Å². The predicted octanol–water partition coefficient (Wildman–Crippen LogP) is 20.7. The minimum absolute atomic E-state index is 0.0335. The number of likely N-dealkylation sites (N-methyl/N-ethyl adjacent to an activating group) is 1. The van der Waals surface area contributed by atoms with Gasteiger partial charge in [0, 0.05) is 12.8 Å². The molecule has 0 aromatic carbocycles. The monoisotopic (exact) mass is 1110 g/mol. The molecule has 1 amide bonds. The summed E-state index contributed by atoms with van der Waals surface area (Å²) in [7, 11) is 1.48. The molecule has 2 N–H and O–H groups in total. The number of phosphoric acid groups is 1. The van der Waals surface area contributed by atoms with E-state index in [1.165, 1.54) is 238 Å². The molecule has 0 fully saturated rings. The third-order valence-electron chi connectivity index (χ3n) is 15.1. The largest absolute Gasteiger partial charge is 0.472 e. The first-order valence-corrected chi connectivity index (χ1v) is 34.8. The van der Waals surface area contributed by atoms with Gasteiger partial charge >= 0.3 is 13.8 Å². The highest BCUT2D eigenvalue weighted by atomic mass is 31.2. The Morgan fingerprint density at radius 1 is 0.455 bits per heavy atom. The van der Waals surface area contributed by atoms with Crippen molar-refractivity contribution in [2.24, 2.45) is 0 Å². The number of hydrogen-bond donors (Lipinski definition) is 2. The van der Waals surface area contributed by atoms with Gasteiger partial charge in [-0.3, -0.25) is 18.6 Å². The van der Waals surface area contributed by atoms with Gasteiger partial charge in [-0.2, -0.15) is 0 Å². The number of nitrogens with zero attached hydrogens (tertiary/aromatic N) is 1. The number of esters is 1. The molecule has 10 heteroatoms. The fourth-order valence-electron chi connectivity index (χ4n) is 9.93. The maximum absolute atomic E-state index is 13.5. The molecule has 0 bridgehead atoms. The normalized spacial score (nSPS) is 13.8. The van der Waals surface area contributed by atoms with Gasteiger partial charge in [0.2, 0.25) is 5.91 Å². The first-order valence-electron chi connectivity index (χ1n) is 33.3. The Kier molecular flexibility index (Phi) is 56.1. The molecule has 0 aromatic heterocycles. The van der Waals surface area contributed by atoms with Gasteiger partial charge in [0.1, 0.15) is 19.3 Å². The van der Waals surface area contributed by atoms with Crippen LogP contribution in [0.15, 0.2) is 36.5 Å². The molecule has 0 saturated carbocycles. The van der Waals surface area contributed by atoms with Gasteiger partial charge in [0.25, 0.3) is 0 Å². The lowest BCUT2D eigenvalue weighted by molar-refractivity contribution is -0.870. The van der Waals surface area contributed by atoms with Crippen LogP contribution in [0.5, 0.6) is 0 Å². The highest BCUT2D eigenvalue weighted by molar-refractivity contribution is 7.47. The molecular weight excluding hydrogens is 976 g/mol. The first kappa shape index (κ1) is 75.2. The lowest BCUT2D eigenvalue weighted by atomic mass is 10.0. The number of hydrogen-bond acceptors (Lipinski definition) is 6. The van der Waals surface area contributed by atoms with Crippen LogP contribution in [-0.4, -0.2) is 74.3 Å². The zero-order chi connectivity index (χ0) is 56.4. The molecule has 0 heterocycles. The molecule has 0 spiro atoms. The Hall–Kier alpha value is -1.77. The summed E-state index contributed by atoms with van der Waals surface area (Å²) in [5.41, 5.74) is 0. The SMILES string of the molecule is CCCCCCCC/C=C\C/C=C/CCC(=O)NC(COP(=O)(O)OCC[N+](C)(C)C)C(/C=C\CCCCCCCCCCCCC)OC(=O)CCCCCCCCCCCCCCCCCCCCCCCCCCC. The van der Waals surface area contributed by atoms with E-state index >= 15 is 0 Å². The minimum atomic E-state index is -4.46. The van der Waals surface area contributed by atoms with Crippen LogP contribution in [0.25, 0.3) is 0 Å². The van der Waals surface area contributed by atoms with E-state index in [9.17, 15) is 19.0 Å². The van der Waals surface area contributed by atoms with E-state index < -0.39 is 20.0 Å². The van der Waals surface area contributed by atoms with Crippen LogP contribution < -0.4 is 5.32 Å². The lowest BCUT2D eigenvalue weighted by Crippen LogP contribution is -2.47. The van der Waals surface area contributed by atoms with Gasteiger partial charge in [0.15, 0.2) is 0 Å². The molecule has 0 aliphatic heterocycles. The van der Waals surface area contributed by atoms with E-state index in [4.69, 9.17) is 13.8 Å². The van der Waals surface area contributed by atoms with Gasteiger partial charge in [-0.25, -0.2) is 4.57 Å². The summed E-state index contributed by atoms with van der Waals surface area (Å²) in [6.07, 6.45) is 70.4. The standard InChI is InChI=1S/C67H129N2O7P/c1-7-10-13-16-19-22-25-28-29-30-31-32-33-34-35-36-37-38-39-42-45-48-51-54-57-60-67(71)76-65(58-55-52-49-46-43-40-26-23-20-17-14-11-8-2)64(63-75-77(72,73)74-62-61-69(4,5)6)68-66(70)59-56-53-50-47-44-41-27-24-21-18-15-12-9-3/h41,44,50,53,55,58,64-65H,7-40,42-43,45-49,51-52,54,56-57,59-63H2,1-6H3,(H-,68,70,72,73)/p+1/b44-41-,53-50+,58-55-. The average molecular weight is 1110 g/mol. The van der Waals surface area contributed by atoms with Crippen molar-refractivity contribution in [2.45, 2.75) is 341 Å². The lowest BCUT2D eigenvalue weighted by Gasteiger charge is -2.27. The van der Waals surface area contributed by atoms with E-state index in [0.717, 1.165) is 51.4 Å². The third-order valence-corrected chi connectivity index (χ3v) is 16.1. The summed E-state index contributed by atoms with van der Waals surface area (Å²) in [5, 5.41) is 3.02. The number of carbonyl (C=O) groups is 2. The Balaban J connectivity index is 5.09. The number of ether oxygens (including phenoxy) is 1. The van der Waals surface area contributed by atoms with Crippen LogP contribution in [0.3, 0.4) is 0 Å². The number of allylic oxidation sites excluding steroid dienone is 5. The van der Waals surface area contributed by atoms with Crippen molar-refractivity contribution in [1.29, 1.82) is 0 Å². The predicted molar refractivity (Wildman–Crippen MR) is 332 cm³/mol. The van der Waals surface area contributed by atoms with Crippen LogP contribution in [0.4, 0.5) is 0 Å². The average Bonchev–Trinajstić information content (AvgIpc) is 3.39. The van der Waals surface area contributed by atoms with E-state index in [-0.39, 0.29) is 37.9 Å². The molecule has 3 unspecified atom stereocenters. The highest BCUT2D eigenvalue weighted by Crippen LogP contribution is 2.43. The van der Waals surface area contributed by atoms with E-state index in [1.807, 2.05) is 39.4 Å². The van der Waals surface area contributed by atoms with E-state index in [2.05, 4.69) is 44.3 Å². The number of carbonyl (C=O) groups excluding carboxylic acids is 2. The number of amides is 1. The summed E-state index contributed by atoms with van der Waals surface area (Å²) in [4.78, 5) is 37.7. The zero-order valence-electron chi connectivity index (χ0n) is 52.0. The molecule has 77 heavy (non-hydrogen) atoms. The molecule has 0 radical (unpaired) electrons. The van der Waals surface area contributed by atoms with Crippen molar-refractivity contribution in [3.05, 3.63) is 36.5 Å². The first-order chi connectivity index (χ1) is 37.4. The minimum Gasteiger partial charge on any atom is -0.456 e. The Labute approximate surface area is 478 Å². The molecule has 0 rings (SSSR count). The molecule has 0 aliphatic carbocycles. The fraction of sp³-hybridized carbons (Fsp3) is 0.881. The van der Waals surface area contributed by atoms with Crippen LogP contribution >= 0.6 is 7.82 Å². The molecule has 9 nitrogen and oxygen atoms in total. The van der Waals surface area contributed by atoms with Crippen molar-refractivity contribution in [3.8, 4) is 0 Å². The summed E-state index contributed by atoms with van der Waals surface area (Å²) >= 11 is 0. The molecule has 0 aromatic rings. The maximum Gasteiger partial charge on any atom is 0.472 e. The molecule has 0 aliphatic rings. The van der Waals surface area contributed by atoms with Crippen molar-refractivity contribution >= 4 is 19.7 Å². The van der Waals surface area contributed by atoms with E-state index in [0.29, 0.717) is 17.4 Å². The summed E-state index contributed by atoms with van der Waals surface area (Å²) in [6, 6.07) is -0.875. The van der Waals surface area contributed by atoms with Crippen LogP contribution in [0.1, 0.15) is 329 Å². The van der Waals surface area contributed by atoms with Crippen LogP contribution in [-0.2, 0) is 27.9 Å². The number of unbranched alkanes of at least 4 members (excludes halogenated alkanes) is 41. The second-order valence-electron chi connectivity index (χ2n) is 24.0. The number of rotatable bonds is 61. The molecular formula is C67H130N2O7P+. The van der Waals surface area contributed by atoms with Gasteiger partial charge in [-0.1, -0.05) is 302 Å². The van der Waals surface area contributed by atoms with Gasteiger partial charge < -0.3 is 19.4 Å². The zero-order valence-corrected chi connectivity index (χ0v) is 52.9. The summed E-state index contributed by atoms with van der Waals surface area (Å²) < 4.78 is 30.7.